The molecule has 0 saturated carbocycles. The molecule has 0 atom stereocenters. The second-order valence-corrected chi connectivity index (χ2v) is 6.71. The molecule has 0 spiro atoms. The minimum absolute atomic E-state index is 0.282. The summed E-state index contributed by atoms with van der Waals surface area (Å²) in [5.74, 6) is 0.0390. The smallest absolute Gasteiger partial charge is 0.261 e. The lowest BCUT2D eigenvalue weighted by molar-refractivity contribution is 0.102. The SMILES string of the molecule is CCc1ccc(NC(=O)c2cnn3c(Nc4ccc(F)cc4)cc(C)nc23)cc1. The minimum atomic E-state index is -0.309. The largest absolute Gasteiger partial charge is 0.340 e. The molecule has 2 aromatic carbocycles. The minimum Gasteiger partial charge on any atom is -0.340 e. The van der Waals surface area contributed by atoms with Gasteiger partial charge in [-0.1, -0.05) is 19.1 Å². The van der Waals surface area contributed by atoms with Crippen molar-refractivity contribution in [1.29, 1.82) is 0 Å². The fourth-order valence-electron chi connectivity index (χ4n) is 3.04. The van der Waals surface area contributed by atoms with Gasteiger partial charge in [-0.3, -0.25) is 4.79 Å². The van der Waals surface area contributed by atoms with Crippen LogP contribution in [0.3, 0.4) is 0 Å². The average molecular weight is 389 g/mol. The predicted octanol–water partition coefficient (Wildman–Crippen LogP) is 4.74. The number of rotatable bonds is 5. The fraction of sp³-hybridized carbons (Fsp3) is 0.136. The molecular weight excluding hydrogens is 369 g/mol. The van der Waals surface area contributed by atoms with E-state index in [1.54, 1.807) is 16.6 Å². The molecule has 2 heterocycles. The Morgan fingerprint density at radius 1 is 1.07 bits per heavy atom. The molecule has 6 nitrogen and oxygen atoms in total. The predicted molar refractivity (Wildman–Crippen MR) is 111 cm³/mol. The van der Waals surface area contributed by atoms with E-state index in [0.717, 1.165) is 12.1 Å². The maximum Gasteiger partial charge on any atom is 0.261 e. The number of fused-ring (bicyclic) bond motifs is 1. The van der Waals surface area contributed by atoms with Crippen LogP contribution >= 0.6 is 0 Å². The van der Waals surface area contributed by atoms with Crippen molar-refractivity contribution >= 4 is 28.7 Å². The van der Waals surface area contributed by atoms with Crippen molar-refractivity contribution < 1.29 is 9.18 Å². The van der Waals surface area contributed by atoms with E-state index in [9.17, 15) is 9.18 Å². The van der Waals surface area contributed by atoms with Gasteiger partial charge in [-0.2, -0.15) is 9.61 Å². The average Bonchev–Trinajstić information content (AvgIpc) is 3.14. The molecule has 0 fully saturated rings. The van der Waals surface area contributed by atoms with Gasteiger partial charge in [-0.25, -0.2) is 9.37 Å². The molecule has 2 N–H and O–H groups in total. The van der Waals surface area contributed by atoms with Crippen LogP contribution in [0.15, 0.2) is 60.8 Å². The molecule has 0 unspecified atom stereocenters. The van der Waals surface area contributed by atoms with Crippen LogP contribution in [-0.2, 0) is 6.42 Å². The quantitative estimate of drug-likeness (QED) is 0.517. The molecule has 0 aliphatic heterocycles. The summed E-state index contributed by atoms with van der Waals surface area (Å²) < 4.78 is 14.7. The van der Waals surface area contributed by atoms with Gasteiger partial charge in [0.15, 0.2) is 5.65 Å². The zero-order chi connectivity index (χ0) is 20.4. The first-order chi connectivity index (χ1) is 14.0. The third-order valence-corrected chi connectivity index (χ3v) is 4.58. The van der Waals surface area contributed by atoms with Gasteiger partial charge in [-0.15, -0.1) is 0 Å². The van der Waals surface area contributed by atoms with E-state index in [1.807, 2.05) is 37.3 Å². The van der Waals surface area contributed by atoms with Crippen LogP contribution in [-0.4, -0.2) is 20.5 Å². The summed E-state index contributed by atoms with van der Waals surface area (Å²) in [4.78, 5) is 17.3. The van der Waals surface area contributed by atoms with E-state index in [0.29, 0.717) is 28.4 Å². The number of anilines is 3. The maximum atomic E-state index is 13.2. The Morgan fingerprint density at radius 2 is 1.76 bits per heavy atom. The number of aryl methyl sites for hydroxylation is 2. The highest BCUT2D eigenvalue weighted by Gasteiger charge is 2.17. The molecule has 0 saturated heterocycles. The van der Waals surface area contributed by atoms with Crippen molar-refractivity contribution in [3.05, 3.63) is 83.4 Å². The molecule has 0 aliphatic rings. The van der Waals surface area contributed by atoms with E-state index in [-0.39, 0.29) is 11.7 Å². The third kappa shape index (κ3) is 3.94. The van der Waals surface area contributed by atoms with E-state index < -0.39 is 0 Å². The highest BCUT2D eigenvalue weighted by molar-refractivity contribution is 6.08. The molecule has 1 amide bonds. The van der Waals surface area contributed by atoms with Gasteiger partial charge in [0.05, 0.1) is 6.20 Å². The summed E-state index contributed by atoms with van der Waals surface area (Å²) in [6, 6.07) is 15.6. The third-order valence-electron chi connectivity index (χ3n) is 4.58. The van der Waals surface area contributed by atoms with E-state index in [2.05, 4.69) is 27.6 Å². The Labute approximate surface area is 167 Å². The summed E-state index contributed by atoms with van der Waals surface area (Å²) in [6.45, 7) is 3.92. The topological polar surface area (TPSA) is 71.3 Å². The molecule has 0 radical (unpaired) electrons. The van der Waals surface area contributed by atoms with E-state index >= 15 is 0 Å². The number of halogens is 1. The number of amides is 1. The lowest BCUT2D eigenvalue weighted by Gasteiger charge is -2.10. The van der Waals surface area contributed by atoms with Crippen LogP contribution < -0.4 is 10.6 Å². The van der Waals surface area contributed by atoms with Gasteiger partial charge in [0.1, 0.15) is 17.2 Å². The Kier molecular flexibility index (Phi) is 4.95. The summed E-state index contributed by atoms with van der Waals surface area (Å²) >= 11 is 0. The Morgan fingerprint density at radius 3 is 2.45 bits per heavy atom. The van der Waals surface area contributed by atoms with E-state index in [4.69, 9.17) is 0 Å². The Hall–Kier alpha value is -3.74. The summed E-state index contributed by atoms with van der Waals surface area (Å²) in [7, 11) is 0. The second kappa shape index (κ2) is 7.71. The molecule has 4 rings (SSSR count). The number of carbonyl (C=O) groups is 1. The molecule has 7 heteroatoms. The molecular formula is C22H20FN5O. The lowest BCUT2D eigenvalue weighted by atomic mass is 10.1. The van der Waals surface area contributed by atoms with Crippen LogP contribution in [0.5, 0.6) is 0 Å². The van der Waals surface area contributed by atoms with Crippen molar-refractivity contribution in [3.63, 3.8) is 0 Å². The van der Waals surface area contributed by atoms with Crippen molar-refractivity contribution in [1.82, 2.24) is 14.6 Å². The van der Waals surface area contributed by atoms with Gasteiger partial charge >= 0.3 is 0 Å². The number of nitrogens with zero attached hydrogens (tertiary/aromatic N) is 3. The number of nitrogens with one attached hydrogen (secondary N) is 2. The first-order valence-corrected chi connectivity index (χ1v) is 9.32. The number of hydrogen-bond acceptors (Lipinski definition) is 4. The van der Waals surface area contributed by atoms with Gasteiger partial charge in [0.2, 0.25) is 0 Å². The molecule has 146 valence electrons. The Bertz CT molecular complexity index is 1170. The van der Waals surface area contributed by atoms with Crippen LogP contribution in [0.4, 0.5) is 21.6 Å². The zero-order valence-corrected chi connectivity index (χ0v) is 16.1. The van der Waals surface area contributed by atoms with Gasteiger partial charge in [-0.05, 0) is 55.3 Å². The summed E-state index contributed by atoms with van der Waals surface area (Å²) in [5.41, 5.74) is 4.16. The molecule has 4 aromatic rings. The fourth-order valence-corrected chi connectivity index (χ4v) is 3.04. The van der Waals surface area contributed by atoms with Crippen LogP contribution in [0, 0.1) is 12.7 Å². The van der Waals surface area contributed by atoms with Crippen LogP contribution in [0.25, 0.3) is 5.65 Å². The highest BCUT2D eigenvalue weighted by Crippen LogP contribution is 2.21. The van der Waals surface area contributed by atoms with Gasteiger partial charge in [0.25, 0.3) is 5.91 Å². The normalized spacial score (nSPS) is 10.9. The van der Waals surface area contributed by atoms with Gasteiger partial charge in [0, 0.05) is 23.1 Å². The zero-order valence-electron chi connectivity index (χ0n) is 16.1. The van der Waals surface area contributed by atoms with Crippen molar-refractivity contribution in [2.45, 2.75) is 20.3 Å². The van der Waals surface area contributed by atoms with Crippen molar-refractivity contribution in [3.8, 4) is 0 Å². The lowest BCUT2D eigenvalue weighted by Crippen LogP contribution is -2.12. The molecule has 29 heavy (non-hydrogen) atoms. The van der Waals surface area contributed by atoms with Gasteiger partial charge < -0.3 is 10.6 Å². The first kappa shape index (κ1) is 18.6. The monoisotopic (exact) mass is 389 g/mol. The van der Waals surface area contributed by atoms with Crippen LogP contribution in [0.1, 0.15) is 28.5 Å². The first-order valence-electron chi connectivity index (χ1n) is 9.32. The standard InChI is InChI=1S/C22H20FN5O/c1-3-15-4-8-18(9-5-15)27-22(29)19-13-24-28-20(12-14(2)25-21(19)28)26-17-10-6-16(23)7-11-17/h4-13,26H,3H2,1-2H3,(H,27,29). The molecule has 0 bridgehead atoms. The maximum absolute atomic E-state index is 13.2. The van der Waals surface area contributed by atoms with E-state index in [1.165, 1.54) is 23.9 Å². The Balaban J connectivity index is 1.64. The molecule has 0 aliphatic carbocycles. The number of hydrogen-bond donors (Lipinski definition) is 2. The molecule has 2 aromatic heterocycles. The second-order valence-electron chi connectivity index (χ2n) is 6.71. The summed E-state index contributed by atoms with van der Waals surface area (Å²) in [6.07, 6.45) is 2.43. The summed E-state index contributed by atoms with van der Waals surface area (Å²) in [5, 5.41) is 10.4. The number of carbonyl (C=O) groups excluding carboxylic acids is 1. The highest BCUT2D eigenvalue weighted by atomic mass is 19.1. The number of benzene rings is 2. The van der Waals surface area contributed by atoms with Crippen LogP contribution in [0.2, 0.25) is 0 Å². The van der Waals surface area contributed by atoms with Crippen molar-refractivity contribution in [2.75, 3.05) is 10.6 Å². The van der Waals surface area contributed by atoms with Crippen molar-refractivity contribution in [2.24, 2.45) is 0 Å². The number of aromatic nitrogens is 3.